The second-order valence-electron chi connectivity index (χ2n) is 10.4. The van der Waals surface area contributed by atoms with Gasteiger partial charge in [-0.15, -0.1) is 0 Å². The second-order valence-corrected chi connectivity index (χ2v) is 10.4. The van der Waals surface area contributed by atoms with Crippen molar-refractivity contribution in [3.8, 4) is 11.1 Å². The monoisotopic (exact) mass is 381 g/mol. The molecule has 0 radical (unpaired) electrons. The quantitative estimate of drug-likeness (QED) is 0.879. The Morgan fingerprint density at radius 1 is 1.00 bits per heavy atom. The summed E-state index contributed by atoms with van der Waals surface area (Å²) in [5, 5.41) is 3.45. The van der Waals surface area contributed by atoms with Crippen molar-refractivity contribution in [3.05, 3.63) is 59.7 Å². The molecule has 0 heterocycles. The number of hydrogen-bond acceptors (Lipinski definition) is 2. The van der Waals surface area contributed by atoms with E-state index in [-0.39, 0.29) is 29.2 Å². The normalized spacial score (nSPS) is 45.9. The lowest BCUT2D eigenvalue weighted by Crippen LogP contribution is -2.75. The van der Waals surface area contributed by atoms with Gasteiger partial charge in [0.25, 0.3) is 0 Å². The van der Waals surface area contributed by atoms with Gasteiger partial charge in [-0.25, -0.2) is 0 Å². The maximum absolute atomic E-state index is 13.6. The molecule has 3 heteroatoms. The number of Topliss-reactive ketones (excluding diaryl/α,β-unsaturated/α-hetero) is 1. The summed E-state index contributed by atoms with van der Waals surface area (Å²) in [4.78, 5) is 26.5. The molecule has 0 spiro atoms. The maximum atomic E-state index is 13.6. The third kappa shape index (κ3) is 1.43. The van der Waals surface area contributed by atoms with Crippen LogP contribution < -0.4 is 5.32 Å². The standard InChI is InChI=1S/C26H23NO2/c28-24-20-16-11-17-21-19(16)23(24)26(21,22(17)20)25(29)27-18-9-8-13-6-7-14(10-15(13)18)12-4-2-1-3-5-12/h1-7,10,16-23H,8-9,11H2,(H,27,29). The van der Waals surface area contributed by atoms with Crippen LogP contribution in [0.15, 0.2) is 48.5 Å². The highest BCUT2D eigenvalue weighted by molar-refractivity contribution is 6.04. The summed E-state index contributed by atoms with van der Waals surface area (Å²) in [7, 11) is 0. The minimum atomic E-state index is -0.302. The molecular weight excluding hydrogens is 358 g/mol. The van der Waals surface area contributed by atoms with Crippen LogP contribution in [0.25, 0.3) is 11.1 Å². The molecule has 29 heavy (non-hydrogen) atoms. The molecule has 0 aliphatic heterocycles. The van der Waals surface area contributed by atoms with Gasteiger partial charge in [0, 0.05) is 11.8 Å². The Hall–Kier alpha value is -2.42. The minimum Gasteiger partial charge on any atom is -0.349 e. The summed E-state index contributed by atoms with van der Waals surface area (Å²) >= 11 is 0. The molecule has 4 bridgehead atoms. The van der Waals surface area contributed by atoms with Gasteiger partial charge in [0.05, 0.1) is 11.5 Å². The van der Waals surface area contributed by atoms with E-state index < -0.39 is 0 Å². The zero-order valence-electron chi connectivity index (χ0n) is 16.2. The fourth-order valence-corrected chi connectivity index (χ4v) is 9.27. The molecule has 2 aromatic rings. The average Bonchev–Trinajstić information content (AvgIpc) is 3.40. The summed E-state index contributed by atoms with van der Waals surface area (Å²) in [6, 6.07) is 17.2. The van der Waals surface area contributed by atoms with Crippen molar-refractivity contribution >= 4 is 11.7 Å². The van der Waals surface area contributed by atoms with Crippen LogP contribution in [0.1, 0.15) is 30.0 Å². The molecule has 9 rings (SSSR count). The average molecular weight is 381 g/mol. The molecule has 6 saturated carbocycles. The van der Waals surface area contributed by atoms with E-state index in [2.05, 4.69) is 47.8 Å². The molecule has 1 amide bonds. The van der Waals surface area contributed by atoms with Gasteiger partial charge in [0.15, 0.2) is 0 Å². The molecular formula is C26H23NO2. The molecule has 0 aromatic heterocycles. The van der Waals surface area contributed by atoms with Crippen LogP contribution in [0, 0.1) is 46.8 Å². The number of nitrogens with one attached hydrogen (secondary N) is 1. The summed E-state index contributed by atoms with van der Waals surface area (Å²) in [6.07, 6.45) is 3.23. The smallest absolute Gasteiger partial charge is 0.228 e. The maximum Gasteiger partial charge on any atom is 0.228 e. The summed E-state index contributed by atoms with van der Waals surface area (Å²) in [5.41, 5.74) is 4.76. The number of fused-ring (bicyclic) bond motifs is 1. The van der Waals surface area contributed by atoms with Crippen LogP contribution in [0.4, 0.5) is 0 Å². The van der Waals surface area contributed by atoms with Crippen LogP contribution in [0.5, 0.6) is 0 Å². The van der Waals surface area contributed by atoms with Gasteiger partial charge in [-0.05, 0) is 77.2 Å². The first kappa shape index (κ1) is 15.4. The Bertz CT molecular complexity index is 1120. The summed E-state index contributed by atoms with van der Waals surface area (Å²) < 4.78 is 0. The van der Waals surface area contributed by atoms with E-state index in [0.717, 1.165) is 12.8 Å². The summed E-state index contributed by atoms with van der Waals surface area (Å²) in [6.45, 7) is 0. The van der Waals surface area contributed by atoms with Crippen molar-refractivity contribution in [2.75, 3.05) is 0 Å². The molecule has 144 valence electrons. The van der Waals surface area contributed by atoms with Crippen LogP contribution in [-0.4, -0.2) is 11.7 Å². The van der Waals surface area contributed by atoms with Gasteiger partial charge in [-0.3, -0.25) is 9.59 Å². The van der Waals surface area contributed by atoms with Crippen molar-refractivity contribution in [3.63, 3.8) is 0 Å². The van der Waals surface area contributed by atoms with Crippen molar-refractivity contribution in [1.82, 2.24) is 5.32 Å². The minimum absolute atomic E-state index is 0.0720. The van der Waals surface area contributed by atoms with Crippen LogP contribution >= 0.6 is 0 Å². The molecule has 7 aliphatic carbocycles. The predicted molar refractivity (Wildman–Crippen MR) is 108 cm³/mol. The molecule has 9 atom stereocenters. The first-order valence-electron chi connectivity index (χ1n) is 11.2. The van der Waals surface area contributed by atoms with Gasteiger partial charge in [-0.1, -0.05) is 42.5 Å². The number of hydrogen-bond donors (Lipinski definition) is 1. The van der Waals surface area contributed by atoms with Crippen molar-refractivity contribution in [2.24, 2.45) is 46.8 Å². The fraction of sp³-hybridized carbons (Fsp3) is 0.462. The van der Waals surface area contributed by atoms with Crippen LogP contribution in [0.3, 0.4) is 0 Å². The zero-order chi connectivity index (χ0) is 19.1. The molecule has 6 fully saturated rings. The van der Waals surface area contributed by atoms with Gasteiger partial charge < -0.3 is 5.32 Å². The number of benzene rings is 2. The first-order valence-corrected chi connectivity index (χ1v) is 11.2. The molecule has 9 unspecified atom stereocenters. The van der Waals surface area contributed by atoms with Crippen molar-refractivity contribution in [1.29, 1.82) is 0 Å². The SMILES string of the molecule is O=C1C2C3CC4C2C2(C(=O)NC5CCc6ccc(-c7ccccc7)cc65)C1C3C42. The Morgan fingerprint density at radius 3 is 2.69 bits per heavy atom. The lowest BCUT2D eigenvalue weighted by molar-refractivity contribution is -0.249. The van der Waals surface area contributed by atoms with E-state index in [1.165, 1.54) is 28.7 Å². The van der Waals surface area contributed by atoms with E-state index in [0.29, 0.717) is 35.4 Å². The number of carbonyl (C=O) groups excluding carboxylic acids is 2. The molecule has 1 N–H and O–H groups in total. The highest BCUT2D eigenvalue weighted by Crippen LogP contribution is 2.92. The Morgan fingerprint density at radius 2 is 1.86 bits per heavy atom. The highest BCUT2D eigenvalue weighted by atomic mass is 16.2. The van der Waals surface area contributed by atoms with Crippen molar-refractivity contribution < 1.29 is 9.59 Å². The van der Waals surface area contributed by atoms with E-state index in [4.69, 9.17) is 0 Å². The zero-order valence-corrected chi connectivity index (χ0v) is 16.2. The Balaban J connectivity index is 1.12. The van der Waals surface area contributed by atoms with Crippen LogP contribution in [0.2, 0.25) is 0 Å². The van der Waals surface area contributed by atoms with Gasteiger partial charge in [0.1, 0.15) is 5.78 Å². The van der Waals surface area contributed by atoms with E-state index in [1.807, 2.05) is 6.07 Å². The van der Waals surface area contributed by atoms with E-state index in [1.54, 1.807) is 0 Å². The molecule has 2 aromatic carbocycles. The number of carbonyl (C=O) groups is 2. The topological polar surface area (TPSA) is 46.2 Å². The van der Waals surface area contributed by atoms with Gasteiger partial charge >= 0.3 is 0 Å². The number of aryl methyl sites for hydroxylation is 1. The van der Waals surface area contributed by atoms with E-state index in [9.17, 15) is 9.59 Å². The van der Waals surface area contributed by atoms with Crippen molar-refractivity contribution in [2.45, 2.75) is 25.3 Å². The third-order valence-corrected chi connectivity index (χ3v) is 9.89. The molecule has 0 saturated heterocycles. The molecule has 7 aliphatic rings. The van der Waals surface area contributed by atoms with Crippen LogP contribution in [-0.2, 0) is 16.0 Å². The van der Waals surface area contributed by atoms with E-state index >= 15 is 0 Å². The molecule has 3 nitrogen and oxygen atoms in total. The fourth-order valence-electron chi connectivity index (χ4n) is 9.27. The van der Waals surface area contributed by atoms with Gasteiger partial charge in [-0.2, -0.15) is 0 Å². The lowest BCUT2D eigenvalue weighted by atomic mass is 9.31. The second kappa shape index (κ2) is 4.66. The number of amides is 1. The largest absolute Gasteiger partial charge is 0.349 e. The third-order valence-electron chi connectivity index (χ3n) is 9.89. The Kier molecular flexibility index (Phi) is 2.48. The number of rotatable bonds is 3. The summed E-state index contributed by atoms with van der Waals surface area (Å²) in [5.74, 6) is 3.78. The lowest BCUT2D eigenvalue weighted by Gasteiger charge is -2.70. The number of ketones is 1. The highest BCUT2D eigenvalue weighted by Gasteiger charge is 2.96. The predicted octanol–water partition coefficient (Wildman–Crippen LogP) is 3.78. The van der Waals surface area contributed by atoms with Gasteiger partial charge in [0.2, 0.25) is 5.91 Å². The first-order chi connectivity index (χ1) is 14.2. The Labute approximate surface area is 169 Å².